The van der Waals surface area contributed by atoms with E-state index in [1.807, 2.05) is 30.3 Å². The Labute approximate surface area is 134 Å². The molecular weight excluding hydrogens is 272 g/mol. The molecule has 0 saturated carbocycles. The SMILES string of the molecule is CC(C)(C)c1ccc(O)cc1.CCCCc1ccccc1O. The molecule has 0 amide bonds. The fourth-order valence-electron chi connectivity index (χ4n) is 2.05. The highest BCUT2D eigenvalue weighted by molar-refractivity contribution is 5.31. The van der Waals surface area contributed by atoms with E-state index >= 15 is 0 Å². The van der Waals surface area contributed by atoms with Crippen molar-refractivity contribution in [2.45, 2.75) is 52.4 Å². The Morgan fingerprint density at radius 1 is 0.864 bits per heavy atom. The molecule has 0 bridgehead atoms. The maximum Gasteiger partial charge on any atom is 0.118 e. The van der Waals surface area contributed by atoms with Gasteiger partial charge in [-0.05, 0) is 47.6 Å². The lowest BCUT2D eigenvalue weighted by molar-refractivity contribution is 0.467. The van der Waals surface area contributed by atoms with Crippen LogP contribution >= 0.6 is 0 Å². The third-order valence-electron chi connectivity index (χ3n) is 3.52. The number of hydrogen-bond acceptors (Lipinski definition) is 2. The van der Waals surface area contributed by atoms with Crippen molar-refractivity contribution < 1.29 is 10.2 Å². The predicted molar refractivity (Wildman–Crippen MR) is 93.5 cm³/mol. The van der Waals surface area contributed by atoms with E-state index in [1.54, 1.807) is 18.2 Å². The summed E-state index contributed by atoms with van der Waals surface area (Å²) in [5, 5.41) is 18.4. The monoisotopic (exact) mass is 300 g/mol. The first kappa shape index (κ1) is 18.1. The van der Waals surface area contributed by atoms with Crippen LogP contribution in [0.4, 0.5) is 0 Å². The molecule has 0 aliphatic heterocycles. The van der Waals surface area contributed by atoms with Crippen molar-refractivity contribution in [3.63, 3.8) is 0 Å². The molecule has 0 heterocycles. The van der Waals surface area contributed by atoms with Crippen LogP contribution in [0.3, 0.4) is 0 Å². The summed E-state index contributed by atoms with van der Waals surface area (Å²) in [5.41, 5.74) is 2.48. The molecule has 2 nitrogen and oxygen atoms in total. The standard InChI is InChI=1S/2C10H14O/c1-10(2,3)8-4-6-9(11)7-5-8;1-2-3-6-9-7-4-5-8-10(9)11/h4-7,11H,1-3H3;4-5,7-8,11H,2-3,6H2,1H3. The second kappa shape index (κ2) is 8.47. The molecular formula is C20H28O2. The molecule has 2 aromatic carbocycles. The maximum absolute atomic E-state index is 9.34. The smallest absolute Gasteiger partial charge is 0.118 e. The van der Waals surface area contributed by atoms with E-state index in [4.69, 9.17) is 5.11 Å². The number of benzene rings is 2. The Bertz CT molecular complexity index is 551. The minimum atomic E-state index is 0.174. The lowest BCUT2D eigenvalue weighted by Crippen LogP contribution is -2.10. The van der Waals surface area contributed by atoms with Crippen LogP contribution in [0.25, 0.3) is 0 Å². The molecule has 0 aromatic heterocycles. The molecule has 2 aromatic rings. The van der Waals surface area contributed by atoms with Crippen molar-refractivity contribution in [1.82, 2.24) is 0 Å². The van der Waals surface area contributed by atoms with Gasteiger partial charge in [-0.3, -0.25) is 0 Å². The third kappa shape index (κ3) is 6.21. The van der Waals surface area contributed by atoms with E-state index in [0.717, 1.165) is 18.4 Å². The Morgan fingerprint density at radius 2 is 1.45 bits per heavy atom. The Morgan fingerprint density at radius 3 is 1.95 bits per heavy atom. The summed E-state index contributed by atoms with van der Waals surface area (Å²) >= 11 is 0. The largest absolute Gasteiger partial charge is 0.508 e. The number of phenolic OH excluding ortho intramolecular Hbond substituents is 2. The molecule has 0 aliphatic rings. The molecule has 0 aliphatic carbocycles. The molecule has 22 heavy (non-hydrogen) atoms. The van der Waals surface area contributed by atoms with Crippen LogP contribution in [0.15, 0.2) is 48.5 Å². The van der Waals surface area contributed by atoms with E-state index in [0.29, 0.717) is 11.5 Å². The summed E-state index contributed by atoms with van der Waals surface area (Å²) in [6.45, 7) is 8.61. The Kier molecular flexibility index (Phi) is 6.97. The average Bonchev–Trinajstić information content (AvgIpc) is 2.47. The maximum atomic E-state index is 9.34. The molecule has 0 radical (unpaired) electrons. The molecule has 2 rings (SSSR count). The van der Waals surface area contributed by atoms with Crippen LogP contribution in [0.1, 0.15) is 51.7 Å². The van der Waals surface area contributed by atoms with E-state index < -0.39 is 0 Å². The first-order valence-electron chi connectivity index (χ1n) is 7.91. The van der Waals surface area contributed by atoms with Gasteiger partial charge in [0.25, 0.3) is 0 Å². The summed E-state index contributed by atoms with van der Waals surface area (Å²) in [4.78, 5) is 0. The van der Waals surface area contributed by atoms with Gasteiger partial charge in [0.05, 0.1) is 0 Å². The van der Waals surface area contributed by atoms with Crippen molar-refractivity contribution in [3.8, 4) is 11.5 Å². The summed E-state index contributed by atoms with van der Waals surface area (Å²) in [5.74, 6) is 0.763. The number of unbranched alkanes of at least 4 members (excludes halogenated alkanes) is 1. The first-order chi connectivity index (χ1) is 10.3. The van der Waals surface area contributed by atoms with Crippen molar-refractivity contribution in [3.05, 3.63) is 59.7 Å². The zero-order valence-corrected chi connectivity index (χ0v) is 14.1. The third-order valence-corrected chi connectivity index (χ3v) is 3.52. The van der Waals surface area contributed by atoms with Crippen LogP contribution in [0.2, 0.25) is 0 Å². The second-order valence-electron chi connectivity index (χ2n) is 6.53. The number of aryl methyl sites for hydroxylation is 1. The fraction of sp³-hybridized carbons (Fsp3) is 0.400. The van der Waals surface area contributed by atoms with Gasteiger partial charge >= 0.3 is 0 Å². The van der Waals surface area contributed by atoms with E-state index in [2.05, 4.69) is 27.7 Å². The molecule has 0 spiro atoms. The van der Waals surface area contributed by atoms with Gasteiger partial charge in [-0.15, -0.1) is 0 Å². The van der Waals surface area contributed by atoms with Gasteiger partial charge in [-0.2, -0.15) is 0 Å². The minimum absolute atomic E-state index is 0.174. The van der Waals surface area contributed by atoms with Crippen LogP contribution < -0.4 is 0 Å². The van der Waals surface area contributed by atoms with Gasteiger partial charge < -0.3 is 10.2 Å². The number of phenols is 2. The topological polar surface area (TPSA) is 40.5 Å². The lowest BCUT2D eigenvalue weighted by atomic mass is 9.87. The molecule has 2 N–H and O–H groups in total. The molecule has 0 atom stereocenters. The zero-order valence-electron chi connectivity index (χ0n) is 14.1. The fourth-order valence-corrected chi connectivity index (χ4v) is 2.05. The molecule has 2 heteroatoms. The van der Waals surface area contributed by atoms with Crippen molar-refractivity contribution in [2.75, 3.05) is 0 Å². The van der Waals surface area contributed by atoms with E-state index in [1.165, 1.54) is 12.0 Å². The zero-order chi connectivity index (χ0) is 16.6. The summed E-state index contributed by atoms with van der Waals surface area (Å²) < 4.78 is 0. The van der Waals surface area contributed by atoms with Crippen molar-refractivity contribution in [1.29, 1.82) is 0 Å². The highest BCUT2D eigenvalue weighted by Crippen LogP contribution is 2.23. The Balaban J connectivity index is 0.000000220. The van der Waals surface area contributed by atoms with Crippen LogP contribution in [-0.4, -0.2) is 10.2 Å². The van der Waals surface area contributed by atoms with Gasteiger partial charge in [0.1, 0.15) is 11.5 Å². The highest BCUT2D eigenvalue weighted by atomic mass is 16.3. The highest BCUT2D eigenvalue weighted by Gasteiger charge is 2.12. The first-order valence-corrected chi connectivity index (χ1v) is 7.91. The van der Waals surface area contributed by atoms with Crippen molar-refractivity contribution >= 4 is 0 Å². The van der Waals surface area contributed by atoms with Gasteiger partial charge in [0.2, 0.25) is 0 Å². The normalized spacial score (nSPS) is 10.7. The second-order valence-corrected chi connectivity index (χ2v) is 6.53. The van der Waals surface area contributed by atoms with Crippen LogP contribution in [0.5, 0.6) is 11.5 Å². The molecule has 0 saturated heterocycles. The number of hydrogen-bond donors (Lipinski definition) is 2. The van der Waals surface area contributed by atoms with E-state index in [-0.39, 0.29) is 5.41 Å². The van der Waals surface area contributed by atoms with Gasteiger partial charge in [-0.25, -0.2) is 0 Å². The Hall–Kier alpha value is -1.96. The molecule has 0 fully saturated rings. The van der Waals surface area contributed by atoms with E-state index in [9.17, 15) is 5.11 Å². The number of para-hydroxylation sites is 1. The van der Waals surface area contributed by atoms with Gasteiger partial charge in [0, 0.05) is 0 Å². The van der Waals surface area contributed by atoms with Gasteiger partial charge in [-0.1, -0.05) is 64.4 Å². The van der Waals surface area contributed by atoms with Gasteiger partial charge in [0.15, 0.2) is 0 Å². The minimum Gasteiger partial charge on any atom is -0.508 e. The molecule has 0 unspecified atom stereocenters. The average molecular weight is 300 g/mol. The van der Waals surface area contributed by atoms with Crippen LogP contribution in [-0.2, 0) is 11.8 Å². The number of aromatic hydroxyl groups is 2. The predicted octanol–water partition coefficient (Wildman–Crippen LogP) is 5.42. The molecule has 120 valence electrons. The number of rotatable bonds is 3. The van der Waals surface area contributed by atoms with Crippen LogP contribution in [0, 0.1) is 0 Å². The lowest BCUT2D eigenvalue weighted by Gasteiger charge is -2.18. The quantitative estimate of drug-likeness (QED) is 0.794. The van der Waals surface area contributed by atoms with Crippen molar-refractivity contribution in [2.24, 2.45) is 0 Å². The summed E-state index contributed by atoms with van der Waals surface area (Å²) in [6.07, 6.45) is 3.31. The summed E-state index contributed by atoms with van der Waals surface area (Å²) in [7, 11) is 0. The summed E-state index contributed by atoms with van der Waals surface area (Å²) in [6, 6.07) is 14.9.